The number of hydrazine groups is 1. The maximum absolute atomic E-state index is 13.1. The van der Waals surface area contributed by atoms with Gasteiger partial charge in [0.05, 0.1) is 0 Å². The smallest absolute Gasteiger partial charge is 0.248 e. The monoisotopic (exact) mass is 276 g/mol. The quantitative estimate of drug-likeness (QED) is 0.353. The van der Waals surface area contributed by atoms with Gasteiger partial charge in [0.2, 0.25) is 5.92 Å². The van der Waals surface area contributed by atoms with Crippen molar-refractivity contribution in [2.45, 2.75) is 89.5 Å². The summed E-state index contributed by atoms with van der Waals surface area (Å²) in [5.41, 5.74) is 2.81. The van der Waals surface area contributed by atoms with Crippen LogP contribution in [-0.2, 0) is 0 Å². The van der Waals surface area contributed by atoms with Crippen molar-refractivity contribution >= 4 is 0 Å². The standard InChI is InChI=1S/C15H30F2N2/c1-2-3-4-5-6-7-8-14(19-18)11-13-9-10-15(16,17)12-13/h13-14,19H,2-12,18H2,1H3. The molecule has 0 saturated heterocycles. The van der Waals surface area contributed by atoms with E-state index >= 15 is 0 Å². The molecule has 3 N–H and O–H groups in total. The molecule has 0 aromatic carbocycles. The van der Waals surface area contributed by atoms with E-state index in [0.29, 0.717) is 6.42 Å². The first kappa shape index (κ1) is 16.8. The lowest BCUT2D eigenvalue weighted by molar-refractivity contribution is 0.00427. The molecule has 0 aromatic heterocycles. The van der Waals surface area contributed by atoms with Crippen LogP contribution in [0.5, 0.6) is 0 Å². The maximum atomic E-state index is 13.1. The molecule has 0 heterocycles. The summed E-state index contributed by atoms with van der Waals surface area (Å²) in [6.07, 6.45) is 10.2. The van der Waals surface area contributed by atoms with Crippen LogP contribution in [-0.4, -0.2) is 12.0 Å². The minimum absolute atomic E-state index is 0.0572. The molecule has 0 bridgehead atoms. The summed E-state index contributed by atoms with van der Waals surface area (Å²) in [7, 11) is 0. The first-order valence-electron chi connectivity index (χ1n) is 7.91. The van der Waals surface area contributed by atoms with Gasteiger partial charge in [0.1, 0.15) is 0 Å². The predicted octanol–water partition coefficient (Wildman–Crippen LogP) is 4.39. The minimum Gasteiger partial charge on any atom is -0.271 e. The molecule has 2 nitrogen and oxygen atoms in total. The van der Waals surface area contributed by atoms with E-state index in [1.807, 2.05) is 0 Å². The van der Waals surface area contributed by atoms with Gasteiger partial charge in [-0.25, -0.2) is 8.78 Å². The second-order valence-electron chi connectivity index (χ2n) is 6.12. The van der Waals surface area contributed by atoms with Crippen LogP contribution < -0.4 is 11.3 Å². The molecule has 1 fully saturated rings. The Bertz CT molecular complexity index is 234. The van der Waals surface area contributed by atoms with Gasteiger partial charge in [-0.3, -0.25) is 11.3 Å². The van der Waals surface area contributed by atoms with Gasteiger partial charge in [0.15, 0.2) is 0 Å². The highest BCUT2D eigenvalue weighted by Crippen LogP contribution is 2.41. The topological polar surface area (TPSA) is 38.0 Å². The fourth-order valence-electron chi connectivity index (χ4n) is 3.09. The average molecular weight is 276 g/mol. The number of hydrogen-bond acceptors (Lipinski definition) is 2. The maximum Gasteiger partial charge on any atom is 0.248 e. The van der Waals surface area contributed by atoms with Gasteiger partial charge >= 0.3 is 0 Å². The summed E-state index contributed by atoms with van der Waals surface area (Å²) in [6.45, 7) is 2.21. The average Bonchev–Trinajstić information content (AvgIpc) is 2.71. The Labute approximate surface area is 116 Å². The van der Waals surface area contributed by atoms with Crippen LogP contribution in [0.1, 0.15) is 77.6 Å². The Morgan fingerprint density at radius 3 is 2.47 bits per heavy atom. The van der Waals surface area contributed by atoms with Gasteiger partial charge in [0, 0.05) is 18.9 Å². The van der Waals surface area contributed by atoms with Gasteiger partial charge in [0.25, 0.3) is 0 Å². The molecule has 1 aliphatic carbocycles. The van der Waals surface area contributed by atoms with E-state index < -0.39 is 5.92 Å². The largest absolute Gasteiger partial charge is 0.271 e. The van der Waals surface area contributed by atoms with Crippen LogP contribution in [0.15, 0.2) is 0 Å². The summed E-state index contributed by atoms with van der Waals surface area (Å²) in [5, 5.41) is 0. The van der Waals surface area contributed by atoms with Crippen molar-refractivity contribution in [1.82, 2.24) is 5.43 Å². The third-order valence-electron chi connectivity index (χ3n) is 4.27. The van der Waals surface area contributed by atoms with Crippen molar-refractivity contribution in [2.24, 2.45) is 11.8 Å². The molecule has 4 heteroatoms. The molecular weight excluding hydrogens is 246 g/mol. The van der Waals surface area contributed by atoms with Crippen molar-refractivity contribution in [3.05, 3.63) is 0 Å². The van der Waals surface area contributed by atoms with E-state index in [1.54, 1.807) is 0 Å². The van der Waals surface area contributed by atoms with Gasteiger partial charge in [-0.15, -0.1) is 0 Å². The Morgan fingerprint density at radius 2 is 1.89 bits per heavy atom. The summed E-state index contributed by atoms with van der Waals surface area (Å²) in [6, 6.07) is 0.213. The van der Waals surface area contributed by atoms with Crippen LogP contribution in [0.25, 0.3) is 0 Å². The summed E-state index contributed by atoms with van der Waals surface area (Å²) >= 11 is 0. The lowest BCUT2D eigenvalue weighted by Gasteiger charge is -2.19. The van der Waals surface area contributed by atoms with Crippen LogP contribution in [0.3, 0.4) is 0 Å². The molecule has 2 unspecified atom stereocenters. The SMILES string of the molecule is CCCCCCCCC(CC1CCC(F)(F)C1)NN. The molecule has 0 aromatic rings. The second-order valence-corrected chi connectivity index (χ2v) is 6.12. The van der Waals surface area contributed by atoms with Crippen molar-refractivity contribution in [3.63, 3.8) is 0 Å². The number of nitrogens with two attached hydrogens (primary N) is 1. The zero-order valence-corrected chi connectivity index (χ0v) is 12.3. The Kier molecular flexibility index (Phi) is 7.84. The molecule has 0 aliphatic heterocycles. The molecule has 1 aliphatic rings. The fourth-order valence-corrected chi connectivity index (χ4v) is 3.09. The molecule has 114 valence electrons. The van der Waals surface area contributed by atoms with Gasteiger partial charge < -0.3 is 0 Å². The number of nitrogens with one attached hydrogen (secondary N) is 1. The Morgan fingerprint density at radius 1 is 1.21 bits per heavy atom. The van der Waals surface area contributed by atoms with E-state index in [2.05, 4.69) is 12.3 Å². The normalized spacial score (nSPS) is 23.7. The lowest BCUT2D eigenvalue weighted by atomic mass is 9.95. The number of halogens is 2. The number of rotatable bonds is 10. The summed E-state index contributed by atoms with van der Waals surface area (Å²) in [5.74, 6) is 3.27. The first-order chi connectivity index (χ1) is 9.07. The van der Waals surface area contributed by atoms with Crippen molar-refractivity contribution in [2.75, 3.05) is 0 Å². The lowest BCUT2D eigenvalue weighted by Crippen LogP contribution is -2.36. The molecular formula is C15H30F2N2. The number of unbranched alkanes of at least 4 members (excludes halogenated alkanes) is 5. The van der Waals surface area contributed by atoms with Crippen molar-refractivity contribution < 1.29 is 8.78 Å². The third-order valence-corrected chi connectivity index (χ3v) is 4.27. The highest BCUT2D eigenvalue weighted by atomic mass is 19.3. The van der Waals surface area contributed by atoms with Gasteiger partial charge in [-0.1, -0.05) is 45.4 Å². The first-order valence-corrected chi connectivity index (χ1v) is 7.91. The van der Waals surface area contributed by atoms with Crippen LogP contribution in [0.2, 0.25) is 0 Å². The minimum atomic E-state index is -2.43. The van der Waals surface area contributed by atoms with Crippen LogP contribution in [0, 0.1) is 5.92 Å². The molecule has 1 rings (SSSR count). The molecule has 0 spiro atoms. The van der Waals surface area contributed by atoms with Crippen LogP contribution >= 0.6 is 0 Å². The molecule has 19 heavy (non-hydrogen) atoms. The molecule has 2 atom stereocenters. The van der Waals surface area contributed by atoms with E-state index in [9.17, 15) is 8.78 Å². The van der Waals surface area contributed by atoms with Crippen molar-refractivity contribution in [3.8, 4) is 0 Å². The van der Waals surface area contributed by atoms with E-state index in [-0.39, 0.29) is 24.8 Å². The van der Waals surface area contributed by atoms with E-state index in [1.165, 1.54) is 32.1 Å². The zero-order valence-electron chi connectivity index (χ0n) is 12.3. The van der Waals surface area contributed by atoms with Gasteiger partial charge in [-0.2, -0.15) is 0 Å². The fraction of sp³-hybridized carbons (Fsp3) is 1.00. The number of alkyl halides is 2. The summed E-state index contributed by atoms with van der Waals surface area (Å²) < 4.78 is 26.2. The van der Waals surface area contributed by atoms with Gasteiger partial charge in [-0.05, 0) is 25.2 Å². The predicted molar refractivity (Wildman–Crippen MR) is 76.0 cm³/mol. The highest BCUT2D eigenvalue weighted by Gasteiger charge is 2.39. The second kappa shape index (κ2) is 8.85. The highest BCUT2D eigenvalue weighted by molar-refractivity contribution is 4.83. The van der Waals surface area contributed by atoms with Crippen molar-refractivity contribution in [1.29, 1.82) is 0 Å². The molecule has 0 radical (unpaired) electrons. The Hall–Kier alpha value is -0.220. The molecule has 1 saturated carbocycles. The zero-order chi connectivity index (χ0) is 14.1. The third kappa shape index (κ3) is 7.21. The summed E-state index contributed by atoms with van der Waals surface area (Å²) in [4.78, 5) is 0. The molecule has 0 amide bonds. The van der Waals surface area contributed by atoms with E-state index in [0.717, 1.165) is 19.3 Å². The van der Waals surface area contributed by atoms with E-state index in [4.69, 9.17) is 5.84 Å². The number of hydrogen-bond donors (Lipinski definition) is 2. The van der Waals surface area contributed by atoms with Crippen LogP contribution in [0.4, 0.5) is 8.78 Å². The Balaban J connectivity index is 2.09.